The maximum absolute atomic E-state index is 14.9. The van der Waals surface area contributed by atoms with Gasteiger partial charge < -0.3 is 48.9 Å². The normalized spacial score (nSPS) is 17.2. The number of benzene rings is 4. The molecule has 2 saturated heterocycles. The number of methoxy groups -OCH3 is 2. The standard InChI is InChI=1S/2C27H26F2N8O3/c2*1-16-8-17(4-5-20(16)40-24-11-23-31-14-34-37(23)15-33-24)35-26-25-19(30-13-32-26)9-18(38-3)10-21(25)39-22-6-7-36(2)12-27(22,28)29/h2*4-5,8-11,13-15,22H,6-7,12H2,1-3H3,(H,30,32,35)/t2*22-/m10/s1. The minimum absolute atomic E-state index is 0.179. The number of piperidine rings is 2. The highest BCUT2D eigenvalue weighted by Crippen LogP contribution is 2.42. The summed E-state index contributed by atoms with van der Waals surface area (Å²) in [5, 5.41) is 15.6. The van der Waals surface area contributed by atoms with Gasteiger partial charge in [-0.2, -0.15) is 10.2 Å². The summed E-state index contributed by atoms with van der Waals surface area (Å²) < 4.78 is 97.2. The van der Waals surface area contributed by atoms with Crippen LogP contribution in [0.3, 0.4) is 0 Å². The summed E-state index contributed by atoms with van der Waals surface area (Å²) in [6.45, 7) is 4.04. The molecule has 8 heterocycles. The predicted molar refractivity (Wildman–Crippen MR) is 286 cm³/mol. The Morgan fingerprint density at radius 2 is 0.950 bits per heavy atom. The first-order chi connectivity index (χ1) is 38.6. The first kappa shape index (κ1) is 52.7. The average molecular weight is 1100 g/mol. The molecule has 26 heteroatoms. The zero-order chi connectivity index (χ0) is 55.7. The molecule has 12 rings (SSSR count). The van der Waals surface area contributed by atoms with Gasteiger partial charge in [0.1, 0.15) is 84.1 Å². The summed E-state index contributed by atoms with van der Waals surface area (Å²) >= 11 is 0. The van der Waals surface area contributed by atoms with E-state index in [4.69, 9.17) is 28.4 Å². The fraction of sp³-hybridized carbons (Fsp3) is 0.296. The molecule has 2 fully saturated rings. The molecule has 0 amide bonds. The van der Waals surface area contributed by atoms with Crippen LogP contribution in [0.15, 0.2) is 111 Å². The van der Waals surface area contributed by atoms with E-state index >= 15 is 0 Å². The van der Waals surface area contributed by atoms with Crippen LogP contribution in [0.1, 0.15) is 24.0 Å². The zero-order valence-electron chi connectivity index (χ0n) is 44.0. The van der Waals surface area contributed by atoms with Crippen molar-refractivity contribution in [3.05, 3.63) is 122 Å². The third kappa shape index (κ3) is 11.3. The van der Waals surface area contributed by atoms with Gasteiger partial charge in [0.15, 0.2) is 23.5 Å². The molecule has 0 radical (unpaired) electrons. The maximum Gasteiger partial charge on any atom is 0.296 e. The molecule has 80 heavy (non-hydrogen) atoms. The van der Waals surface area contributed by atoms with E-state index in [1.807, 2.05) is 38.1 Å². The molecule has 0 bridgehead atoms. The number of anilines is 4. The molecule has 0 spiro atoms. The molecule has 2 aliphatic heterocycles. The lowest BCUT2D eigenvalue weighted by Gasteiger charge is -2.36. The Hall–Kier alpha value is -9.30. The summed E-state index contributed by atoms with van der Waals surface area (Å²) in [5.41, 5.74) is 5.29. The number of hydrogen-bond acceptors (Lipinski definition) is 20. The molecule has 22 nitrogen and oxygen atoms in total. The Morgan fingerprint density at radius 3 is 1.35 bits per heavy atom. The highest BCUT2D eigenvalue weighted by atomic mass is 19.3. The lowest BCUT2D eigenvalue weighted by atomic mass is 10.0. The van der Waals surface area contributed by atoms with E-state index in [0.717, 1.165) is 11.1 Å². The minimum atomic E-state index is -3.02. The SMILES string of the molecule is COc1cc(O[C@@H]2CCN(C)CC2(F)F)c2c(Nc3ccc(Oc4cc5ncnn5cn4)c(C)c3)ncnc2c1.COc1cc(O[C@H]2CCN(C)CC2(F)F)c2c(Nc3ccc(Oc4cc5ncnn5cn4)c(C)c3)ncnc2c1. The number of hydrogen-bond donors (Lipinski definition) is 2. The summed E-state index contributed by atoms with van der Waals surface area (Å²) in [4.78, 5) is 37.5. The van der Waals surface area contributed by atoms with Gasteiger partial charge in [-0.3, -0.25) is 0 Å². The van der Waals surface area contributed by atoms with Gasteiger partial charge in [0.05, 0.1) is 49.1 Å². The van der Waals surface area contributed by atoms with Crippen LogP contribution in [0.5, 0.6) is 46.3 Å². The highest BCUT2D eigenvalue weighted by Gasteiger charge is 2.47. The van der Waals surface area contributed by atoms with Crippen molar-refractivity contribution in [2.75, 3.05) is 65.1 Å². The number of aryl methyl sites for hydroxylation is 2. The van der Waals surface area contributed by atoms with Crippen molar-refractivity contribution in [3.8, 4) is 46.3 Å². The average Bonchev–Trinajstić information content (AvgIpc) is 4.19. The third-order valence-corrected chi connectivity index (χ3v) is 13.4. The number of likely N-dealkylation sites (tertiary alicyclic amines) is 2. The second kappa shape index (κ2) is 21.9. The van der Waals surface area contributed by atoms with Crippen LogP contribution >= 0.6 is 0 Å². The number of fused-ring (bicyclic) bond motifs is 4. The number of nitrogens with zero attached hydrogens (tertiary/aromatic N) is 14. The second-order valence-corrected chi connectivity index (χ2v) is 19.3. The van der Waals surface area contributed by atoms with E-state index in [1.54, 1.807) is 81.5 Å². The molecule has 2 atom stereocenters. The summed E-state index contributed by atoms with van der Waals surface area (Å²) in [5.74, 6) is -1.93. The molecule has 0 saturated carbocycles. The minimum Gasteiger partial charge on any atom is -0.497 e. The topological polar surface area (TPSA) is 224 Å². The molecule has 0 unspecified atom stereocenters. The highest BCUT2D eigenvalue weighted by molar-refractivity contribution is 5.98. The van der Waals surface area contributed by atoms with E-state index < -0.39 is 24.1 Å². The van der Waals surface area contributed by atoms with Gasteiger partial charge in [0.2, 0.25) is 11.8 Å². The molecular formula is C54H52F4N16O6. The molecule has 412 valence electrons. The fourth-order valence-corrected chi connectivity index (χ4v) is 9.36. The number of halogens is 4. The van der Waals surface area contributed by atoms with E-state index in [-0.39, 0.29) is 37.4 Å². The monoisotopic (exact) mass is 1100 g/mol. The third-order valence-electron chi connectivity index (χ3n) is 13.4. The van der Waals surface area contributed by atoms with Crippen LogP contribution < -0.4 is 39.1 Å². The van der Waals surface area contributed by atoms with Crippen molar-refractivity contribution in [1.82, 2.24) is 68.9 Å². The molecule has 6 aromatic heterocycles. The molecule has 10 aromatic rings. The Bertz CT molecular complexity index is 3640. The van der Waals surface area contributed by atoms with E-state index in [1.165, 1.54) is 52.2 Å². The largest absolute Gasteiger partial charge is 0.497 e. The van der Waals surface area contributed by atoms with Crippen molar-refractivity contribution in [1.29, 1.82) is 0 Å². The summed E-state index contributed by atoms with van der Waals surface area (Å²) in [7, 11) is 6.35. The molecule has 4 aromatic carbocycles. The number of rotatable bonds is 14. The molecular weight excluding hydrogens is 1040 g/mol. The predicted octanol–water partition coefficient (Wildman–Crippen LogP) is 9.28. The van der Waals surface area contributed by atoms with Crippen molar-refractivity contribution in [2.24, 2.45) is 0 Å². The molecule has 2 N–H and O–H groups in total. The molecule has 2 aliphatic rings. The van der Waals surface area contributed by atoms with Crippen molar-refractivity contribution in [3.63, 3.8) is 0 Å². The van der Waals surface area contributed by atoms with Gasteiger partial charge in [-0.25, -0.2) is 66.5 Å². The van der Waals surface area contributed by atoms with Crippen LogP contribution in [0.4, 0.5) is 40.6 Å². The van der Waals surface area contributed by atoms with E-state index in [2.05, 4.69) is 60.7 Å². The lowest BCUT2D eigenvalue weighted by molar-refractivity contribution is -0.135. The Balaban J connectivity index is 0.000000169. The van der Waals surface area contributed by atoms with Crippen LogP contribution in [-0.4, -0.2) is 147 Å². The fourth-order valence-electron chi connectivity index (χ4n) is 9.36. The van der Waals surface area contributed by atoms with Crippen LogP contribution in [0, 0.1) is 13.8 Å². The lowest BCUT2D eigenvalue weighted by Crippen LogP contribution is -2.52. The van der Waals surface area contributed by atoms with Gasteiger partial charge >= 0.3 is 0 Å². The van der Waals surface area contributed by atoms with Crippen LogP contribution in [0.2, 0.25) is 0 Å². The smallest absolute Gasteiger partial charge is 0.296 e. The van der Waals surface area contributed by atoms with Crippen LogP contribution in [0.25, 0.3) is 33.1 Å². The quantitative estimate of drug-likeness (QED) is 0.0968. The molecule has 0 aliphatic carbocycles. The van der Waals surface area contributed by atoms with Crippen LogP contribution in [-0.2, 0) is 0 Å². The summed E-state index contributed by atoms with van der Waals surface area (Å²) in [6, 6.07) is 21.0. The summed E-state index contributed by atoms with van der Waals surface area (Å²) in [6.07, 6.45) is 6.50. The Morgan fingerprint density at radius 1 is 0.512 bits per heavy atom. The van der Waals surface area contributed by atoms with E-state index in [0.29, 0.717) is 104 Å². The number of alkyl halides is 4. The van der Waals surface area contributed by atoms with Crippen molar-refractivity contribution in [2.45, 2.75) is 50.7 Å². The van der Waals surface area contributed by atoms with Crippen molar-refractivity contribution < 1.29 is 46.0 Å². The van der Waals surface area contributed by atoms with Crippen molar-refractivity contribution >= 4 is 56.1 Å². The van der Waals surface area contributed by atoms with Gasteiger partial charge in [-0.15, -0.1) is 0 Å². The number of nitrogens with one attached hydrogen (secondary N) is 2. The van der Waals surface area contributed by atoms with Gasteiger partial charge in [-0.05, 0) is 75.5 Å². The first-order valence-corrected chi connectivity index (χ1v) is 25.1. The second-order valence-electron chi connectivity index (χ2n) is 19.3. The van der Waals surface area contributed by atoms with Gasteiger partial charge in [0, 0.05) is 73.7 Å². The van der Waals surface area contributed by atoms with Gasteiger partial charge in [-0.1, -0.05) is 0 Å². The van der Waals surface area contributed by atoms with E-state index in [9.17, 15) is 17.6 Å². The Kier molecular flexibility index (Phi) is 14.4. The Labute approximate surface area is 453 Å². The zero-order valence-corrected chi connectivity index (χ0v) is 44.0. The first-order valence-electron chi connectivity index (χ1n) is 25.1. The number of ether oxygens (including phenoxy) is 6. The van der Waals surface area contributed by atoms with Gasteiger partial charge in [0.25, 0.3) is 11.8 Å². The number of aromatic nitrogens is 12. The maximum atomic E-state index is 14.9.